The lowest BCUT2D eigenvalue weighted by Crippen LogP contribution is -2.42. The van der Waals surface area contributed by atoms with E-state index in [0.29, 0.717) is 11.6 Å². The zero-order valence-corrected chi connectivity index (χ0v) is 18.3. The number of carbonyl (C=O) groups excluding carboxylic acids is 1. The maximum atomic E-state index is 13.2. The third-order valence-electron chi connectivity index (χ3n) is 4.20. The van der Waals surface area contributed by atoms with Crippen molar-refractivity contribution in [3.05, 3.63) is 64.7 Å². The molecule has 0 spiro atoms. The average Bonchev–Trinajstić information content (AvgIpc) is 2.61. The second-order valence-corrected chi connectivity index (χ2v) is 10.4. The molecule has 1 N–H and O–H groups in total. The predicted molar refractivity (Wildman–Crippen MR) is 113 cm³/mol. The molecule has 7 heteroatoms. The van der Waals surface area contributed by atoms with Crippen LogP contribution in [0, 0.1) is 12.3 Å². The van der Waals surface area contributed by atoms with Gasteiger partial charge in [-0.15, -0.1) is 0 Å². The van der Waals surface area contributed by atoms with Gasteiger partial charge < -0.3 is 5.32 Å². The number of benzene rings is 2. The highest BCUT2D eigenvalue weighted by atomic mass is 35.5. The van der Waals surface area contributed by atoms with Crippen LogP contribution in [0.4, 0.5) is 0 Å². The largest absolute Gasteiger partial charge is 0.354 e. The highest BCUT2D eigenvalue weighted by molar-refractivity contribution is 7.89. The van der Waals surface area contributed by atoms with E-state index in [4.69, 9.17) is 11.6 Å². The van der Waals surface area contributed by atoms with Crippen molar-refractivity contribution in [1.29, 1.82) is 0 Å². The van der Waals surface area contributed by atoms with Gasteiger partial charge >= 0.3 is 0 Å². The number of hydrogen-bond donors (Lipinski definition) is 1. The van der Waals surface area contributed by atoms with Crippen LogP contribution in [0.5, 0.6) is 0 Å². The summed E-state index contributed by atoms with van der Waals surface area (Å²) in [5.74, 6) is -0.332. The normalized spacial score (nSPS) is 12.2. The number of nitrogens with zero attached hydrogens (tertiary/aromatic N) is 1. The van der Waals surface area contributed by atoms with Crippen LogP contribution in [0.2, 0.25) is 5.02 Å². The Hall–Kier alpha value is -1.89. The first-order valence-corrected chi connectivity index (χ1v) is 10.9. The summed E-state index contributed by atoms with van der Waals surface area (Å²) in [6.07, 6.45) is 0. The minimum atomic E-state index is -3.87. The van der Waals surface area contributed by atoms with Gasteiger partial charge in [0.15, 0.2) is 0 Å². The molecule has 0 saturated heterocycles. The fourth-order valence-electron chi connectivity index (χ4n) is 2.54. The number of carbonyl (C=O) groups is 1. The van der Waals surface area contributed by atoms with Crippen molar-refractivity contribution in [2.45, 2.75) is 39.1 Å². The van der Waals surface area contributed by atoms with Crippen LogP contribution in [0.25, 0.3) is 0 Å². The molecule has 0 fully saturated rings. The van der Waals surface area contributed by atoms with E-state index < -0.39 is 10.0 Å². The lowest BCUT2D eigenvalue weighted by atomic mass is 9.97. The Labute approximate surface area is 172 Å². The Morgan fingerprint density at radius 3 is 2.25 bits per heavy atom. The summed E-state index contributed by atoms with van der Waals surface area (Å²) in [6.45, 7) is 8.25. The standard InChI is InChI=1S/C21H27ClN2O3S/c1-16-7-5-6-8-17(16)13-24(14-20(25)23-15-21(2,3)4)28(26,27)19-11-9-18(22)10-12-19/h5-12H,13-15H2,1-4H3,(H,23,25). The van der Waals surface area contributed by atoms with Crippen molar-refractivity contribution >= 4 is 27.5 Å². The fourth-order valence-corrected chi connectivity index (χ4v) is 4.04. The molecule has 2 aromatic carbocycles. The van der Waals surface area contributed by atoms with E-state index in [2.05, 4.69) is 5.32 Å². The summed E-state index contributed by atoms with van der Waals surface area (Å²) >= 11 is 5.89. The molecule has 5 nitrogen and oxygen atoms in total. The molecular formula is C21H27ClN2O3S. The third-order valence-corrected chi connectivity index (χ3v) is 6.25. The van der Waals surface area contributed by atoms with Crippen LogP contribution in [-0.4, -0.2) is 31.7 Å². The van der Waals surface area contributed by atoms with E-state index in [1.807, 2.05) is 52.0 Å². The molecule has 1 amide bonds. The summed E-state index contributed by atoms with van der Waals surface area (Å²) in [5.41, 5.74) is 1.73. The Kier molecular flexibility index (Phi) is 7.26. The lowest BCUT2D eigenvalue weighted by molar-refractivity contribution is -0.121. The number of amides is 1. The highest BCUT2D eigenvalue weighted by Gasteiger charge is 2.27. The van der Waals surface area contributed by atoms with Crippen molar-refractivity contribution < 1.29 is 13.2 Å². The molecule has 0 aromatic heterocycles. The minimum absolute atomic E-state index is 0.0917. The van der Waals surface area contributed by atoms with Gasteiger partial charge in [-0.2, -0.15) is 4.31 Å². The predicted octanol–water partition coefficient (Wildman–Crippen LogP) is 4.00. The summed E-state index contributed by atoms with van der Waals surface area (Å²) in [4.78, 5) is 12.6. The summed E-state index contributed by atoms with van der Waals surface area (Å²) in [7, 11) is -3.87. The van der Waals surface area contributed by atoms with Gasteiger partial charge in [0.2, 0.25) is 15.9 Å². The van der Waals surface area contributed by atoms with Crippen molar-refractivity contribution in [3.63, 3.8) is 0 Å². The van der Waals surface area contributed by atoms with Gasteiger partial charge in [0.05, 0.1) is 11.4 Å². The van der Waals surface area contributed by atoms with Crippen LogP contribution >= 0.6 is 11.6 Å². The van der Waals surface area contributed by atoms with Gasteiger partial charge in [-0.1, -0.05) is 56.6 Å². The van der Waals surface area contributed by atoms with E-state index in [-0.39, 0.29) is 29.3 Å². The van der Waals surface area contributed by atoms with Gasteiger partial charge in [-0.25, -0.2) is 8.42 Å². The Morgan fingerprint density at radius 2 is 1.68 bits per heavy atom. The summed E-state index contributed by atoms with van der Waals surface area (Å²) in [6, 6.07) is 13.5. The maximum Gasteiger partial charge on any atom is 0.243 e. The smallest absolute Gasteiger partial charge is 0.243 e. The van der Waals surface area contributed by atoms with Crippen LogP contribution < -0.4 is 5.32 Å². The molecule has 0 radical (unpaired) electrons. The van der Waals surface area contributed by atoms with Gasteiger partial charge in [0, 0.05) is 18.1 Å². The molecule has 0 aliphatic rings. The molecule has 2 rings (SSSR count). The Morgan fingerprint density at radius 1 is 1.07 bits per heavy atom. The van der Waals surface area contributed by atoms with E-state index in [9.17, 15) is 13.2 Å². The van der Waals surface area contributed by atoms with E-state index in [1.165, 1.54) is 28.6 Å². The molecule has 0 unspecified atom stereocenters. The number of halogens is 1. The molecule has 0 bridgehead atoms. The Balaban J connectivity index is 2.31. The zero-order chi connectivity index (χ0) is 20.9. The average molecular weight is 423 g/mol. The van der Waals surface area contributed by atoms with Crippen LogP contribution in [-0.2, 0) is 21.4 Å². The lowest BCUT2D eigenvalue weighted by Gasteiger charge is -2.24. The Bertz CT molecular complexity index is 919. The molecule has 0 aliphatic carbocycles. The number of aryl methyl sites for hydroxylation is 1. The summed E-state index contributed by atoms with van der Waals surface area (Å²) < 4.78 is 27.6. The molecular weight excluding hydrogens is 396 g/mol. The first kappa shape index (κ1) is 22.4. The van der Waals surface area contributed by atoms with Gasteiger partial charge in [-0.3, -0.25) is 4.79 Å². The van der Waals surface area contributed by atoms with Gasteiger partial charge in [0.25, 0.3) is 0 Å². The molecule has 2 aromatic rings. The third kappa shape index (κ3) is 6.33. The molecule has 0 atom stereocenters. The maximum absolute atomic E-state index is 13.2. The topological polar surface area (TPSA) is 66.5 Å². The van der Waals surface area contributed by atoms with Crippen molar-refractivity contribution in [2.24, 2.45) is 5.41 Å². The minimum Gasteiger partial charge on any atom is -0.354 e. The molecule has 0 aliphatic heterocycles. The summed E-state index contributed by atoms with van der Waals surface area (Å²) in [5, 5.41) is 3.27. The number of hydrogen-bond acceptors (Lipinski definition) is 3. The van der Waals surface area contributed by atoms with E-state index in [1.54, 1.807) is 0 Å². The van der Waals surface area contributed by atoms with E-state index in [0.717, 1.165) is 11.1 Å². The van der Waals surface area contributed by atoms with Crippen molar-refractivity contribution in [2.75, 3.05) is 13.1 Å². The molecule has 28 heavy (non-hydrogen) atoms. The quantitative estimate of drug-likeness (QED) is 0.733. The first-order valence-electron chi connectivity index (χ1n) is 9.06. The molecule has 0 heterocycles. The monoisotopic (exact) mass is 422 g/mol. The SMILES string of the molecule is Cc1ccccc1CN(CC(=O)NCC(C)(C)C)S(=O)(=O)c1ccc(Cl)cc1. The van der Waals surface area contributed by atoms with Gasteiger partial charge in [-0.05, 0) is 47.7 Å². The highest BCUT2D eigenvalue weighted by Crippen LogP contribution is 2.21. The number of sulfonamides is 1. The van der Waals surface area contributed by atoms with Crippen molar-refractivity contribution in [1.82, 2.24) is 9.62 Å². The number of nitrogens with one attached hydrogen (secondary N) is 1. The van der Waals surface area contributed by atoms with E-state index >= 15 is 0 Å². The van der Waals surface area contributed by atoms with Gasteiger partial charge in [0.1, 0.15) is 0 Å². The van der Waals surface area contributed by atoms with Crippen LogP contribution in [0.1, 0.15) is 31.9 Å². The first-order chi connectivity index (χ1) is 13.0. The fraction of sp³-hybridized carbons (Fsp3) is 0.381. The molecule has 0 saturated carbocycles. The van der Waals surface area contributed by atoms with Crippen LogP contribution in [0.3, 0.4) is 0 Å². The number of rotatable bonds is 7. The molecule has 152 valence electrons. The second kappa shape index (κ2) is 9.07. The van der Waals surface area contributed by atoms with Crippen LogP contribution in [0.15, 0.2) is 53.4 Å². The zero-order valence-electron chi connectivity index (χ0n) is 16.7. The van der Waals surface area contributed by atoms with Crippen molar-refractivity contribution in [3.8, 4) is 0 Å². The second-order valence-electron chi connectivity index (χ2n) is 7.99.